The van der Waals surface area contributed by atoms with Crippen molar-refractivity contribution >= 4 is 50.4 Å². The van der Waals surface area contributed by atoms with Crippen molar-refractivity contribution in [2.24, 2.45) is 0 Å². The summed E-state index contributed by atoms with van der Waals surface area (Å²) in [5, 5.41) is 3.27. The first-order valence-electron chi connectivity index (χ1n) is 11.5. The molecule has 1 aliphatic heterocycles. The van der Waals surface area contributed by atoms with Gasteiger partial charge in [-0.05, 0) is 63.0 Å². The number of urea groups is 1. The third-order valence-electron chi connectivity index (χ3n) is 5.69. The average molecular weight is 508 g/mol. The molecule has 10 heteroatoms. The molecular formula is C26H28FN6O2S. The summed E-state index contributed by atoms with van der Waals surface area (Å²) in [7, 11) is 3.96. The number of halogens is 1. The van der Waals surface area contributed by atoms with Gasteiger partial charge in [-0.15, -0.1) is 0 Å². The molecule has 0 saturated heterocycles. The monoisotopic (exact) mass is 507 g/mol. The van der Waals surface area contributed by atoms with E-state index < -0.39 is 6.04 Å². The highest BCUT2D eigenvalue weighted by atomic mass is 32.1. The Morgan fingerprint density at radius 3 is 2.81 bits per heavy atom. The lowest BCUT2D eigenvalue weighted by molar-refractivity contribution is 0.213. The molecule has 0 bridgehead atoms. The molecule has 1 aliphatic rings. The smallest absolute Gasteiger partial charge is 0.323 e. The highest BCUT2D eigenvalue weighted by Gasteiger charge is 2.23. The van der Waals surface area contributed by atoms with Gasteiger partial charge in [0.2, 0.25) is 6.29 Å². The number of carbonyl (C=O) groups excluding carboxylic acids is 2. The van der Waals surface area contributed by atoms with Crippen LogP contribution < -0.4 is 16.0 Å². The van der Waals surface area contributed by atoms with Crippen molar-refractivity contribution in [1.29, 1.82) is 0 Å². The minimum Gasteiger partial charge on any atom is -0.397 e. The van der Waals surface area contributed by atoms with E-state index in [1.807, 2.05) is 50.9 Å². The molecule has 1 aromatic heterocycles. The number of carbonyl (C=O) groups is 1. The fourth-order valence-electron chi connectivity index (χ4n) is 3.91. The molecule has 4 rings (SSSR count). The van der Waals surface area contributed by atoms with Crippen molar-refractivity contribution in [1.82, 2.24) is 14.8 Å². The van der Waals surface area contributed by atoms with E-state index in [4.69, 9.17) is 5.73 Å². The summed E-state index contributed by atoms with van der Waals surface area (Å²) in [6.07, 6.45) is 8.20. The SMILES string of the molecule is CN(C)CCCN(CC1=CN(c2ccccc2N)C([C]=O)C=C1)C(=O)Nc1nc2ccc(F)cc2s1. The van der Waals surface area contributed by atoms with Gasteiger partial charge in [0.25, 0.3) is 0 Å². The molecule has 187 valence electrons. The molecule has 3 N–H and O–H groups in total. The van der Waals surface area contributed by atoms with Crippen LogP contribution in [0.15, 0.2) is 66.4 Å². The fourth-order valence-corrected chi connectivity index (χ4v) is 4.79. The van der Waals surface area contributed by atoms with Crippen molar-refractivity contribution < 1.29 is 14.0 Å². The molecule has 2 aromatic carbocycles. The van der Waals surface area contributed by atoms with Crippen LogP contribution >= 0.6 is 11.3 Å². The van der Waals surface area contributed by atoms with Gasteiger partial charge in [-0.25, -0.2) is 14.2 Å². The molecule has 3 aromatic rings. The largest absolute Gasteiger partial charge is 0.397 e. The number of rotatable bonds is 9. The van der Waals surface area contributed by atoms with E-state index in [0.29, 0.717) is 39.8 Å². The van der Waals surface area contributed by atoms with E-state index in [0.717, 1.165) is 18.5 Å². The molecule has 0 aliphatic carbocycles. The number of anilines is 3. The Morgan fingerprint density at radius 2 is 2.06 bits per heavy atom. The number of hydrogen-bond acceptors (Lipinski definition) is 7. The number of para-hydroxylation sites is 2. The molecule has 8 nitrogen and oxygen atoms in total. The number of nitrogens with zero attached hydrogens (tertiary/aromatic N) is 4. The maximum Gasteiger partial charge on any atom is 0.323 e. The van der Waals surface area contributed by atoms with Gasteiger partial charge in [-0.3, -0.25) is 10.1 Å². The first-order chi connectivity index (χ1) is 17.3. The summed E-state index contributed by atoms with van der Waals surface area (Å²) in [4.78, 5) is 34.8. The molecule has 1 radical (unpaired) electrons. The highest BCUT2D eigenvalue weighted by Crippen LogP contribution is 2.29. The fraction of sp³-hybridized carbons (Fsp3) is 0.269. The van der Waals surface area contributed by atoms with E-state index in [1.54, 1.807) is 28.0 Å². The van der Waals surface area contributed by atoms with E-state index in [-0.39, 0.29) is 11.8 Å². The quantitative estimate of drug-likeness (QED) is 0.421. The van der Waals surface area contributed by atoms with Crippen LogP contribution in [0.1, 0.15) is 6.42 Å². The standard InChI is InChI=1S/C26H28FN6O2S/c1-31(2)12-5-13-32(26(35)30-25-29-22-11-9-19(27)14-24(22)36-25)15-18-8-10-20(17-34)33(16-18)23-7-4-3-6-21(23)28/h3-4,6-11,14,16,20H,5,12-13,15,28H2,1-2H3,(H,29,30,35). The van der Waals surface area contributed by atoms with Gasteiger partial charge in [-0.2, -0.15) is 0 Å². The van der Waals surface area contributed by atoms with Gasteiger partial charge >= 0.3 is 6.03 Å². The van der Waals surface area contributed by atoms with E-state index in [1.165, 1.54) is 23.5 Å². The second-order valence-corrected chi connectivity index (χ2v) is 9.76. The Bertz CT molecular complexity index is 1300. The number of nitrogens with one attached hydrogen (secondary N) is 1. The number of nitrogen functional groups attached to an aromatic ring is 1. The summed E-state index contributed by atoms with van der Waals surface area (Å²) in [6.45, 7) is 1.63. The zero-order valence-corrected chi connectivity index (χ0v) is 21.0. The molecule has 2 heterocycles. The third kappa shape index (κ3) is 6.07. The number of benzene rings is 2. The van der Waals surface area contributed by atoms with Crippen LogP contribution in [0, 0.1) is 5.82 Å². The number of amides is 2. The Hall–Kier alpha value is -3.76. The Kier molecular flexibility index (Phi) is 7.97. The normalized spacial score (nSPS) is 15.3. The number of hydrogen-bond donors (Lipinski definition) is 2. The Morgan fingerprint density at radius 1 is 1.25 bits per heavy atom. The van der Waals surface area contributed by atoms with E-state index >= 15 is 0 Å². The lowest BCUT2D eigenvalue weighted by atomic mass is 10.1. The van der Waals surface area contributed by atoms with E-state index in [9.17, 15) is 14.0 Å². The minimum absolute atomic E-state index is 0.308. The number of nitrogens with two attached hydrogens (primary N) is 1. The molecule has 1 atom stereocenters. The molecule has 36 heavy (non-hydrogen) atoms. The van der Waals surface area contributed by atoms with Crippen LogP contribution in [-0.2, 0) is 4.79 Å². The van der Waals surface area contributed by atoms with Crippen LogP contribution in [0.3, 0.4) is 0 Å². The molecule has 0 saturated carbocycles. The lowest BCUT2D eigenvalue weighted by Gasteiger charge is -2.31. The maximum atomic E-state index is 13.6. The summed E-state index contributed by atoms with van der Waals surface area (Å²) in [5.74, 6) is -0.347. The zero-order valence-electron chi connectivity index (χ0n) is 20.1. The first-order valence-corrected chi connectivity index (χ1v) is 12.3. The summed E-state index contributed by atoms with van der Waals surface area (Å²) >= 11 is 1.22. The molecule has 2 amide bonds. The van der Waals surface area contributed by atoms with Gasteiger partial charge in [0, 0.05) is 19.3 Å². The van der Waals surface area contributed by atoms with Gasteiger partial charge in [0.1, 0.15) is 11.9 Å². The molecule has 0 fully saturated rings. The predicted octanol–water partition coefficient (Wildman–Crippen LogP) is 4.24. The maximum absolute atomic E-state index is 13.6. The summed E-state index contributed by atoms with van der Waals surface area (Å²) in [6, 6.07) is 10.7. The first kappa shape index (κ1) is 25.3. The Balaban J connectivity index is 1.55. The lowest BCUT2D eigenvalue weighted by Crippen LogP contribution is -2.40. The number of thiazole rings is 1. The van der Waals surface area contributed by atoms with Crippen LogP contribution in [0.2, 0.25) is 0 Å². The van der Waals surface area contributed by atoms with Gasteiger partial charge < -0.3 is 20.4 Å². The van der Waals surface area contributed by atoms with Crippen LogP contribution in [0.4, 0.5) is 25.7 Å². The molecule has 1 unspecified atom stereocenters. The van der Waals surface area contributed by atoms with Crippen molar-refractivity contribution in [3.8, 4) is 0 Å². The second-order valence-electron chi connectivity index (χ2n) is 8.73. The molecule has 0 spiro atoms. The van der Waals surface area contributed by atoms with Crippen LogP contribution in [0.25, 0.3) is 10.2 Å². The van der Waals surface area contributed by atoms with E-state index in [2.05, 4.69) is 15.2 Å². The van der Waals surface area contributed by atoms with Crippen molar-refractivity contribution in [3.05, 3.63) is 72.2 Å². The Labute approximate surface area is 213 Å². The van der Waals surface area contributed by atoms with Gasteiger partial charge in [0.05, 0.1) is 21.6 Å². The second kappa shape index (κ2) is 11.3. The van der Waals surface area contributed by atoms with Crippen LogP contribution in [0.5, 0.6) is 0 Å². The summed E-state index contributed by atoms with van der Waals surface area (Å²) < 4.78 is 14.2. The number of fused-ring (bicyclic) bond motifs is 1. The highest BCUT2D eigenvalue weighted by molar-refractivity contribution is 7.22. The van der Waals surface area contributed by atoms with Crippen LogP contribution in [-0.4, -0.2) is 66.9 Å². The zero-order chi connectivity index (χ0) is 25.7. The topological polar surface area (TPSA) is 94.8 Å². The van der Waals surface area contributed by atoms with Crippen molar-refractivity contribution in [3.63, 3.8) is 0 Å². The van der Waals surface area contributed by atoms with Crippen molar-refractivity contribution in [2.75, 3.05) is 49.7 Å². The molecular weight excluding hydrogens is 479 g/mol. The third-order valence-corrected chi connectivity index (χ3v) is 6.62. The average Bonchev–Trinajstić information content (AvgIpc) is 3.24. The minimum atomic E-state index is -0.613. The number of aromatic nitrogens is 1. The van der Waals surface area contributed by atoms with Gasteiger partial charge in [-0.1, -0.05) is 35.6 Å². The van der Waals surface area contributed by atoms with Crippen molar-refractivity contribution in [2.45, 2.75) is 12.5 Å². The van der Waals surface area contributed by atoms with Gasteiger partial charge in [0.15, 0.2) is 5.13 Å². The predicted molar refractivity (Wildman–Crippen MR) is 143 cm³/mol. The summed E-state index contributed by atoms with van der Waals surface area (Å²) in [5.41, 5.74) is 8.84.